The number of para-hydroxylation sites is 1. The van der Waals surface area contributed by atoms with Crippen molar-refractivity contribution in [1.82, 2.24) is 9.80 Å². The number of carbonyl (C=O) groups excluding carboxylic acids is 2. The monoisotopic (exact) mass is 412 g/mol. The van der Waals surface area contributed by atoms with Gasteiger partial charge in [0.25, 0.3) is 0 Å². The second-order valence-electron chi connectivity index (χ2n) is 8.13. The molecule has 0 spiro atoms. The Balaban J connectivity index is 1.50. The lowest BCUT2D eigenvalue weighted by molar-refractivity contribution is -0.144. The van der Waals surface area contributed by atoms with Gasteiger partial charge >= 0.3 is 0 Å². The smallest absolute Gasteiger partial charge is 0.242 e. The lowest BCUT2D eigenvalue weighted by Crippen LogP contribution is -2.49. The summed E-state index contributed by atoms with van der Waals surface area (Å²) in [6.07, 6.45) is 2.87. The highest BCUT2D eigenvalue weighted by Crippen LogP contribution is 2.35. The van der Waals surface area contributed by atoms with Crippen molar-refractivity contribution in [3.63, 3.8) is 0 Å². The van der Waals surface area contributed by atoms with Crippen LogP contribution in [0.2, 0.25) is 0 Å². The number of nitrogens with zero attached hydrogens (tertiary/aromatic N) is 2. The molecule has 2 aromatic rings. The molecule has 2 heterocycles. The van der Waals surface area contributed by atoms with E-state index >= 15 is 0 Å². The number of amides is 2. The van der Waals surface area contributed by atoms with Crippen molar-refractivity contribution in [1.29, 1.82) is 0 Å². The van der Waals surface area contributed by atoms with Gasteiger partial charge in [-0.3, -0.25) is 9.59 Å². The molecule has 0 unspecified atom stereocenters. The van der Waals surface area contributed by atoms with Crippen molar-refractivity contribution >= 4 is 23.2 Å². The molecular weight excluding hydrogens is 384 g/mol. The molecule has 1 atom stereocenters. The summed E-state index contributed by atoms with van der Waals surface area (Å²) in [5.74, 6) is 0.804. The van der Waals surface area contributed by atoms with Gasteiger partial charge in [0.05, 0.1) is 6.04 Å². The van der Waals surface area contributed by atoms with Crippen LogP contribution in [0.25, 0.3) is 0 Å². The molecule has 1 fully saturated rings. The first-order valence-corrected chi connectivity index (χ1v) is 11.3. The van der Waals surface area contributed by atoms with E-state index in [2.05, 4.69) is 11.4 Å². The number of fused-ring (bicyclic) bond motifs is 1. The summed E-state index contributed by atoms with van der Waals surface area (Å²) < 4.78 is 6.03. The lowest BCUT2D eigenvalue weighted by atomic mass is 10.00. The molecule has 154 valence electrons. The third-order valence-corrected chi connectivity index (χ3v) is 6.63. The highest BCUT2D eigenvalue weighted by molar-refractivity contribution is 7.10. The van der Waals surface area contributed by atoms with Gasteiger partial charge in [-0.05, 0) is 48.4 Å². The van der Waals surface area contributed by atoms with Gasteiger partial charge in [-0.1, -0.05) is 32.0 Å². The average Bonchev–Trinajstić information content (AvgIpc) is 3.46. The zero-order valence-corrected chi connectivity index (χ0v) is 17.9. The van der Waals surface area contributed by atoms with E-state index in [1.165, 1.54) is 10.4 Å². The van der Waals surface area contributed by atoms with E-state index in [1.54, 1.807) is 16.2 Å². The fraction of sp³-hybridized carbons (Fsp3) is 0.478. The molecule has 0 saturated heterocycles. The van der Waals surface area contributed by atoms with E-state index in [0.717, 1.165) is 25.0 Å². The molecule has 0 bridgehead atoms. The van der Waals surface area contributed by atoms with Crippen LogP contribution >= 0.6 is 11.3 Å². The maximum Gasteiger partial charge on any atom is 0.242 e. The topological polar surface area (TPSA) is 49.9 Å². The molecule has 1 aromatic heterocycles. The number of rotatable bonds is 7. The van der Waals surface area contributed by atoms with E-state index < -0.39 is 0 Å². The standard InChI is InChI=1S/C23H28N2O3S/c1-16(2)23(27)25(17-8-9-17)14-22(26)24-12-10-21-19(11-13-29-21)20(24)15-28-18-6-4-3-5-7-18/h3-7,11,13,16-17,20H,8-10,12,14-15H2,1-2H3/t20-/m0/s1. The zero-order valence-electron chi connectivity index (χ0n) is 17.0. The maximum atomic E-state index is 13.3. The third kappa shape index (κ3) is 4.47. The molecule has 4 rings (SSSR count). The molecule has 29 heavy (non-hydrogen) atoms. The van der Waals surface area contributed by atoms with Gasteiger partial charge in [0, 0.05) is 23.4 Å². The van der Waals surface area contributed by atoms with Gasteiger partial charge < -0.3 is 14.5 Å². The molecule has 1 saturated carbocycles. The molecule has 6 heteroatoms. The Morgan fingerprint density at radius 3 is 2.66 bits per heavy atom. The van der Waals surface area contributed by atoms with Crippen molar-refractivity contribution in [2.75, 3.05) is 19.7 Å². The first-order valence-electron chi connectivity index (χ1n) is 10.4. The molecule has 1 aliphatic carbocycles. The van der Waals surface area contributed by atoms with Crippen molar-refractivity contribution in [2.24, 2.45) is 5.92 Å². The second-order valence-corrected chi connectivity index (χ2v) is 9.13. The Morgan fingerprint density at radius 1 is 1.21 bits per heavy atom. The molecule has 2 aliphatic rings. The SMILES string of the molecule is CC(C)C(=O)N(CC(=O)N1CCc2sccc2[C@@H]1COc1ccccc1)C1CC1. The van der Waals surface area contributed by atoms with Gasteiger partial charge in [-0.15, -0.1) is 11.3 Å². The van der Waals surface area contributed by atoms with Gasteiger partial charge in [-0.25, -0.2) is 0 Å². The minimum absolute atomic E-state index is 0.0180. The fourth-order valence-corrected chi connectivity index (χ4v) is 4.84. The maximum absolute atomic E-state index is 13.3. The Kier molecular flexibility index (Phi) is 5.90. The van der Waals surface area contributed by atoms with Crippen LogP contribution in [0.4, 0.5) is 0 Å². The summed E-state index contributed by atoms with van der Waals surface area (Å²) in [5.41, 5.74) is 1.18. The molecule has 2 amide bonds. The molecule has 5 nitrogen and oxygen atoms in total. The first-order chi connectivity index (χ1) is 14.0. The normalized spacial score (nSPS) is 18.4. The van der Waals surface area contributed by atoms with Gasteiger partial charge in [-0.2, -0.15) is 0 Å². The summed E-state index contributed by atoms with van der Waals surface area (Å²) in [6.45, 7) is 5.06. The van der Waals surface area contributed by atoms with Crippen LogP contribution < -0.4 is 4.74 Å². The van der Waals surface area contributed by atoms with Crippen molar-refractivity contribution in [3.05, 3.63) is 52.2 Å². The molecule has 0 N–H and O–H groups in total. The van der Waals surface area contributed by atoms with Crippen LogP contribution in [-0.2, 0) is 16.0 Å². The predicted octanol–water partition coefficient (Wildman–Crippen LogP) is 3.90. The second kappa shape index (κ2) is 8.57. The fourth-order valence-electron chi connectivity index (χ4n) is 3.91. The Labute approximate surface area is 176 Å². The van der Waals surface area contributed by atoms with Crippen LogP contribution in [0.1, 0.15) is 43.2 Å². The molecule has 0 radical (unpaired) electrons. The Bertz CT molecular complexity index is 860. The predicted molar refractivity (Wildman–Crippen MR) is 114 cm³/mol. The van der Waals surface area contributed by atoms with Crippen LogP contribution in [0.3, 0.4) is 0 Å². The quantitative estimate of drug-likeness (QED) is 0.693. The minimum Gasteiger partial charge on any atom is -0.491 e. The summed E-state index contributed by atoms with van der Waals surface area (Å²) in [5, 5.41) is 2.09. The summed E-state index contributed by atoms with van der Waals surface area (Å²) in [7, 11) is 0. The van der Waals surface area contributed by atoms with Crippen molar-refractivity contribution < 1.29 is 14.3 Å². The largest absolute Gasteiger partial charge is 0.491 e. The van der Waals surface area contributed by atoms with Gasteiger partial charge in [0.15, 0.2) is 0 Å². The summed E-state index contributed by atoms with van der Waals surface area (Å²) in [4.78, 5) is 31.0. The number of ether oxygens (including phenoxy) is 1. The Hall–Kier alpha value is -2.34. The average molecular weight is 413 g/mol. The van der Waals surface area contributed by atoms with E-state index in [9.17, 15) is 9.59 Å². The number of benzene rings is 1. The number of thiophene rings is 1. The summed E-state index contributed by atoms with van der Waals surface area (Å²) in [6, 6.07) is 11.9. The minimum atomic E-state index is -0.118. The first kappa shape index (κ1) is 20.0. The Morgan fingerprint density at radius 2 is 1.97 bits per heavy atom. The van der Waals surface area contributed by atoms with Crippen LogP contribution in [0, 0.1) is 5.92 Å². The van der Waals surface area contributed by atoms with E-state index in [1.807, 2.05) is 49.1 Å². The van der Waals surface area contributed by atoms with Crippen LogP contribution in [0.15, 0.2) is 41.8 Å². The molecule has 1 aliphatic heterocycles. The number of hydrogen-bond acceptors (Lipinski definition) is 4. The van der Waals surface area contributed by atoms with Crippen LogP contribution in [0.5, 0.6) is 5.75 Å². The highest BCUT2D eigenvalue weighted by atomic mass is 32.1. The van der Waals surface area contributed by atoms with Gasteiger partial charge in [0.2, 0.25) is 11.8 Å². The van der Waals surface area contributed by atoms with E-state index in [0.29, 0.717) is 13.2 Å². The number of carbonyl (C=O) groups is 2. The van der Waals surface area contributed by atoms with Crippen molar-refractivity contribution in [3.8, 4) is 5.75 Å². The third-order valence-electron chi connectivity index (χ3n) is 5.64. The van der Waals surface area contributed by atoms with Crippen LogP contribution in [-0.4, -0.2) is 47.4 Å². The molecular formula is C23H28N2O3S. The zero-order chi connectivity index (χ0) is 20.4. The van der Waals surface area contributed by atoms with E-state index in [4.69, 9.17) is 4.74 Å². The summed E-state index contributed by atoms with van der Waals surface area (Å²) >= 11 is 1.74. The number of hydrogen-bond donors (Lipinski definition) is 0. The highest BCUT2D eigenvalue weighted by Gasteiger charge is 2.38. The molecule has 1 aromatic carbocycles. The van der Waals surface area contributed by atoms with Gasteiger partial charge in [0.1, 0.15) is 18.9 Å². The van der Waals surface area contributed by atoms with Crippen molar-refractivity contribution in [2.45, 2.75) is 45.2 Å². The lowest BCUT2D eigenvalue weighted by Gasteiger charge is -2.37. The van der Waals surface area contributed by atoms with E-state index in [-0.39, 0.29) is 36.4 Å².